The minimum Gasteiger partial charge on any atom is -0.368 e. The summed E-state index contributed by atoms with van der Waals surface area (Å²) >= 11 is 5.10. The molecule has 7 heteroatoms. The quantitative estimate of drug-likeness (QED) is 0.424. The van der Waals surface area contributed by atoms with Gasteiger partial charge in [-0.3, -0.25) is 9.20 Å². The molecule has 5 nitrogen and oxygen atoms in total. The first-order chi connectivity index (χ1) is 14.7. The standard InChI is InChI=1S/C23H21BrN4OS/c24-18-6-4-5-17(13-18)21-15-28-20(16-30-23(28)25-21)14-22(29)27-11-9-26(10-12-27)19-7-2-1-3-8-19/h1-8,13,15-16H,9-12,14H2. The predicted molar refractivity (Wildman–Crippen MR) is 125 cm³/mol. The number of nitrogens with zero attached hydrogens (tertiary/aromatic N) is 4. The minimum atomic E-state index is 0.181. The topological polar surface area (TPSA) is 40.9 Å². The predicted octanol–water partition coefficient (Wildman–Crippen LogP) is 4.72. The third-order valence-corrected chi connectivity index (χ3v) is 6.87. The summed E-state index contributed by atoms with van der Waals surface area (Å²) in [6.45, 7) is 3.25. The number of para-hydroxylation sites is 1. The van der Waals surface area contributed by atoms with Crippen molar-refractivity contribution in [2.45, 2.75) is 6.42 Å². The lowest BCUT2D eigenvalue weighted by atomic mass is 10.2. The van der Waals surface area contributed by atoms with Crippen LogP contribution in [0.15, 0.2) is 70.6 Å². The van der Waals surface area contributed by atoms with Crippen LogP contribution in [-0.4, -0.2) is 46.4 Å². The highest BCUT2D eigenvalue weighted by Crippen LogP contribution is 2.26. The number of fused-ring (bicyclic) bond motifs is 1. The van der Waals surface area contributed by atoms with E-state index in [9.17, 15) is 4.79 Å². The van der Waals surface area contributed by atoms with Crippen LogP contribution in [0, 0.1) is 0 Å². The highest BCUT2D eigenvalue weighted by molar-refractivity contribution is 9.10. The molecule has 0 aliphatic carbocycles. The van der Waals surface area contributed by atoms with Gasteiger partial charge in [-0.25, -0.2) is 4.98 Å². The third-order valence-electron chi connectivity index (χ3n) is 5.49. The van der Waals surface area contributed by atoms with Gasteiger partial charge in [-0.1, -0.05) is 46.3 Å². The molecule has 0 atom stereocenters. The second-order valence-electron chi connectivity index (χ2n) is 7.40. The Kier molecular flexibility index (Phi) is 5.31. The average Bonchev–Trinajstić information content (AvgIpc) is 3.36. The van der Waals surface area contributed by atoms with Crippen LogP contribution in [0.2, 0.25) is 0 Å². The lowest BCUT2D eigenvalue weighted by Crippen LogP contribution is -2.49. The summed E-state index contributed by atoms with van der Waals surface area (Å²) in [7, 11) is 0. The summed E-state index contributed by atoms with van der Waals surface area (Å²) in [4.78, 5) is 22.9. The zero-order valence-electron chi connectivity index (χ0n) is 16.4. The van der Waals surface area contributed by atoms with Gasteiger partial charge in [-0.15, -0.1) is 11.3 Å². The van der Waals surface area contributed by atoms with Crippen molar-refractivity contribution >= 4 is 43.8 Å². The summed E-state index contributed by atoms with van der Waals surface area (Å²) < 4.78 is 3.08. The Balaban J connectivity index is 1.27. The Morgan fingerprint density at radius 2 is 1.83 bits per heavy atom. The van der Waals surface area contributed by atoms with Crippen LogP contribution in [0.1, 0.15) is 5.69 Å². The number of hydrogen-bond donors (Lipinski definition) is 0. The van der Waals surface area contributed by atoms with Gasteiger partial charge in [0, 0.05) is 59.2 Å². The molecule has 0 saturated carbocycles. The first kappa shape index (κ1) is 19.3. The van der Waals surface area contributed by atoms with Crippen LogP contribution < -0.4 is 4.90 Å². The van der Waals surface area contributed by atoms with Gasteiger partial charge in [0.25, 0.3) is 0 Å². The minimum absolute atomic E-state index is 0.181. The summed E-state index contributed by atoms with van der Waals surface area (Å²) in [5, 5.41) is 2.05. The second-order valence-corrected chi connectivity index (χ2v) is 9.15. The highest BCUT2D eigenvalue weighted by atomic mass is 79.9. The van der Waals surface area contributed by atoms with E-state index in [0.29, 0.717) is 6.42 Å². The van der Waals surface area contributed by atoms with Gasteiger partial charge < -0.3 is 9.80 Å². The molecule has 1 saturated heterocycles. The number of carbonyl (C=O) groups is 1. The smallest absolute Gasteiger partial charge is 0.228 e. The van der Waals surface area contributed by atoms with Crippen molar-refractivity contribution in [1.29, 1.82) is 0 Å². The maximum absolute atomic E-state index is 12.9. The fourth-order valence-corrected chi connectivity index (χ4v) is 5.14. The molecule has 0 spiro atoms. The molecular weight excluding hydrogens is 460 g/mol. The Bertz CT molecular complexity index is 1180. The van der Waals surface area contributed by atoms with Gasteiger partial charge in [0.05, 0.1) is 12.1 Å². The first-order valence-electron chi connectivity index (χ1n) is 9.96. The molecule has 1 aliphatic rings. The van der Waals surface area contributed by atoms with Crippen LogP contribution in [0.25, 0.3) is 16.2 Å². The molecular formula is C23H21BrN4OS. The summed E-state index contributed by atoms with van der Waals surface area (Å²) in [5.41, 5.74) is 4.21. The van der Waals surface area contributed by atoms with Crippen LogP contribution in [0.3, 0.4) is 0 Å². The number of hydrogen-bond acceptors (Lipinski definition) is 4. The van der Waals surface area contributed by atoms with E-state index >= 15 is 0 Å². The van der Waals surface area contributed by atoms with E-state index in [1.807, 2.05) is 40.7 Å². The van der Waals surface area contributed by atoms with Crippen LogP contribution >= 0.6 is 27.3 Å². The Hall–Kier alpha value is -2.64. The van der Waals surface area contributed by atoms with Crippen molar-refractivity contribution < 1.29 is 4.79 Å². The maximum atomic E-state index is 12.9. The van der Waals surface area contributed by atoms with Crippen molar-refractivity contribution in [3.05, 3.63) is 76.3 Å². The van der Waals surface area contributed by atoms with E-state index in [1.165, 1.54) is 5.69 Å². The average molecular weight is 481 g/mol. The zero-order chi connectivity index (χ0) is 20.5. The molecule has 0 unspecified atom stereocenters. The number of rotatable bonds is 4. The molecule has 0 radical (unpaired) electrons. The molecule has 4 aromatic rings. The number of anilines is 1. The normalized spacial score (nSPS) is 14.4. The van der Waals surface area contributed by atoms with Gasteiger partial charge in [0.1, 0.15) is 0 Å². The molecule has 152 valence electrons. The summed E-state index contributed by atoms with van der Waals surface area (Å²) in [6.07, 6.45) is 2.43. The van der Waals surface area contributed by atoms with E-state index in [-0.39, 0.29) is 5.91 Å². The number of carbonyl (C=O) groups excluding carboxylic acids is 1. The first-order valence-corrected chi connectivity index (χ1v) is 11.6. The van der Waals surface area contributed by atoms with E-state index in [0.717, 1.165) is 52.6 Å². The van der Waals surface area contributed by atoms with Crippen LogP contribution in [0.5, 0.6) is 0 Å². The van der Waals surface area contributed by atoms with Gasteiger partial charge in [-0.2, -0.15) is 0 Å². The molecule has 0 N–H and O–H groups in total. The fraction of sp³-hybridized carbons (Fsp3) is 0.217. The highest BCUT2D eigenvalue weighted by Gasteiger charge is 2.22. The van der Waals surface area contributed by atoms with Gasteiger partial charge in [0.15, 0.2) is 4.96 Å². The largest absolute Gasteiger partial charge is 0.368 e. The molecule has 1 aliphatic heterocycles. The number of imidazole rings is 1. The number of benzene rings is 2. The zero-order valence-corrected chi connectivity index (χ0v) is 18.8. The van der Waals surface area contributed by atoms with Crippen molar-refractivity contribution in [3.8, 4) is 11.3 Å². The van der Waals surface area contributed by atoms with Crippen LogP contribution in [-0.2, 0) is 11.2 Å². The van der Waals surface area contributed by atoms with Crippen molar-refractivity contribution in [2.75, 3.05) is 31.1 Å². The molecule has 5 rings (SSSR count). The molecule has 3 heterocycles. The van der Waals surface area contributed by atoms with Crippen molar-refractivity contribution in [1.82, 2.24) is 14.3 Å². The van der Waals surface area contributed by atoms with Crippen molar-refractivity contribution in [2.24, 2.45) is 0 Å². The molecule has 30 heavy (non-hydrogen) atoms. The lowest BCUT2D eigenvalue weighted by molar-refractivity contribution is -0.130. The Morgan fingerprint density at radius 3 is 2.60 bits per heavy atom. The molecule has 1 fully saturated rings. The van der Waals surface area contributed by atoms with Crippen molar-refractivity contribution in [3.63, 3.8) is 0 Å². The molecule has 0 bridgehead atoms. The molecule has 2 aromatic heterocycles. The summed E-state index contributed by atoms with van der Waals surface area (Å²) in [6, 6.07) is 18.5. The summed E-state index contributed by atoms with van der Waals surface area (Å²) in [5.74, 6) is 0.181. The van der Waals surface area contributed by atoms with E-state index in [4.69, 9.17) is 4.98 Å². The van der Waals surface area contributed by atoms with E-state index < -0.39 is 0 Å². The Morgan fingerprint density at radius 1 is 1.03 bits per heavy atom. The van der Waals surface area contributed by atoms with Crippen LogP contribution in [0.4, 0.5) is 5.69 Å². The monoisotopic (exact) mass is 480 g/mol. The molecule has 1 amide bonds. The Labute approximate surface area is 187 Å². The number of thiazole rings is 1. The fourth-order valence-electron chi connectivity index (χ4n) is 3.86. The lowest BCUT2D eigenvalue weighted by Gasteiger charge is -2.36. The van der Waals surface area contributed by atoms with Gasteiger partial charge in [-0.05, 0) is 24.3 Å². The number of aromatic nitrogens is 2. The van der Waals surface area contributed by atoms with Gasteiger partial charge in [0.2, 0.25) is 5.91 Å². The maximum Gasteiger partial charge on any atom is 0.228 e. The third kappa shape index (κ3) is 3.87. The van der Waals surface area contributed by atoms with E-state index in [2.05, 4.69) is 55.6 Å². The molecule has 2 aromatic carbocycles. The number of piperazine rings is 1. The van der Waals surface area contributed by atoms with E-state index in [1.54, 1.807) is 11.3 Å². The second kappa shape index (κ2) is 8.24. The van der Waals surface area contributed by atoms with Gasteiger partial charge >= 0.3 is 0 Å². The number of halogens is 1. The SMILES string of the molecule is O=C(Cc1csc2nc(-c3cccc(Br)c3)cn12)N1CCN(c2ccccc2)CC1. The number of amides is 1.